The quantitative estimate of drug-likeness (QED) is 0.883. The van der Waals surface area contributed by atoms with Crippen molar-refractivity contribution in [3.05, 3.63) is 42.2 Å². The Morgan fingerprint density at radius 2 is 2.11 bits per heavy atom. The fourth-order valence-corrected chi connectivity index (χ4v) is 1.71. The van der Waals surface area contributed by atoms with Gasteiger partial charge in [-0.1, -0.05) is 12.1 Å². The summed E-state index contributed by atoms with van der Waals surface area (Å²) in [5, 5.41) is 5.44. The van der Waals surface area contributed by atoms with E-state index in [9.17, 15) is 4.79 Å². The van der Waals surface area contributed by atoms with Gasteiger partial charge in [0, 0.05) is 38.4 Å². The molecule has 1 heterocycles. The minimum absolute atomic E-state index is 0.0833. The van der Waals surface area contributed by atoms with E-state index in [0.717, 1.165) is 5.39 Å². The molecule has 1 aromatic carbocycles. The molecule has 0 atom stereocenters. The van der Waals surface area contributed by atoms with Crippen LogP contribution >= 0.6 is 0 Å². The summed E-state index contributed by atoms with van der Waals surface area (Å²) in [7, 11) is 3.51. The largest absolute Gasteiger partial charge is 0.348 e. The predicted octanol–water partition coefficient (Wildman–Crippen LogP) is 1.41. The summed E-state index contributed by atoms with van der Waals surface area (Å²) in [4.78, 5) is 17.1. The lowest BCUT2D eigenvalue weighted by atomic mass is 10.1. The minimum atomic E-state index is 0.0833. The molecule has 1 amide bonds. The second kappa shape index (κ2) is 5.60. The number of nitrogens with zero attached hydrogens (tertiary/aromatic N) is 2. The molecule has 94 valence electrons. The first-order valence-electron chi connectivity index (χ1n) is 5.90. The number of amides is 1. The normalized spacial score (nSPS) is 10.6. The third-order valence-corrected chi connectivity index (χ3v) is 2.81. The van der Waals surface area contributed by atoms with Crippen LogP contribution in [0.2, 0.25) is 0 Å². The first-order chi connectivity index (χ1) is 8.66. The highest BCUT2D eigenvalue weighted by Gasteiger charge is 2.02. The smallest absolute Gasteiger partial charge is 0.236 e. The van der Waals surface area contributed by atoms with Gasteiger partial charge in [0.1, 0.15) is 0 Å². The Bertz CT molecular complexity index is 551. The number of fused-ring (bicyclic) bond motifs is 1. The Balaban J connectivity index is 1.98. The maximum absolute atomic E-state index is 11.4. The lowest BCUT2D eigenvalue weighted by molar-refractivity contribution is -0.127. The number of rotatable bonds is 4. The lowest BCUT2D eigenvalue weighted by Gasteiger charge is -2.11. The fraction of sp³-hybridized carbons (Fsp3) is 0.286. The van der Waals surface area contributed by atoms with Crippen LogP contribution in [0.5, 0.6) is 0 Å². The van der Waals surface area contributed by atoms with Crippen molar-refractivity contribution in [1.29, 1.82) is 0 Å². The van der Waals surface area contributed by atoms with Crippen LogP contribution in [0.3, 0.4) is 0 Å². The van der Waals surface area contributed by atoms with Gasteiger partial charge in [-0.25, -0.2) is 0 Å². The van der Waals surface area contributed by atoms with Crippen molar-refractivity contribution in [2.75, 3.05) is 20.6 Å². The van der Waals surface area contributed by atoms with Gasteiger partial charge < -0.3 is 10.2 Å². The van der Waals surface area contributed by atoms with Crippen LogP contribution in [0.4, 0.5) is 0 Å². The van der Waals surface area contributed by atoms with Crippen LogP contribution in [0.1, 0.15) is 5.56 Å². The fourth-order valence-electron chi connectivity index (χ4n) is 1.71. The highest BCUT2D eigenvalue weighted by molar-refractivity contribution is 5.82. The maximum Gasteiger partial charge on any atom is 0.236 e. The summed E-state index contributed by atoms with van der Waals surface area (Å²) in [6.45, 7) is 1.05. The molecule has 0 fully saturated rings. The van der Waals surface area contributed by atoms with Gasteiger partial charge in [0.15, 0.2) is 0 Å². The summed E-state index contributed by atoms with van der Waals surface area (Å²) in [6.07, 6.45) is 3.64. The number of carbonyl (C=O) groups is 1. The van der Waals surface area contributed by atoms with Crippen molar-refractivity contribution in [2.24, 2.45) is 0 Å². The van der Waals surface area contributed by atoms with E-state index in [1.54, 1.807) is 25.2 Å². The van der Waals surface area contributed by atoms with Gasteiger partial charge >= 0.3 is 0 Å². The average molecular weight is 243 g/mol. The zero-order chi connectivity index (χ0) is 13.0. The van der Waals surface area contributed by atoms with Gasteiger partial charge in [-0.15, -0.1) is 0 Å². The number of carbonyl (C=O) groups excluding carboxylic acids is 1. The molecular weight excluding hydrogens is 226 g/mol. The molecule has 4 heteroatoms. The average Bonchev–Trinajstić information content (AvgIpc) is 2.38. The van der Waals surface area contributed by atoms with Crippen molar-refractivity contribution >= 4 is 16.7 Å². The van der Waals surface area contributed by atoms with Crippen LogP contribution in [0, 0.1) is 0 Å². The molecule has 0 saturated carbocycles. The van der Waals surface area contributed by atoms with E-state index in [-0.39, 0.29) is 5.91 Å². The number of aromatic nitrogens is 1. The Morgan fingerprint density at radius 1 is 1.28 bits per heavy atom. The van der Waals surface area contributed by atoms with E-state index < -0.39 is 0 Å². The van der Waals surface area contributed by atoms with Crippen molar-refractivity contribution in [3.63, 3.8) is 0 Å². The van der Waals surface area contributed by atoms with E-state index in [2.05, 4.69) is 22.4 Å². The SMILES string of the molecule is CN(C)C(=O)CNCc1ccc2cnccc2c1. The van der Waals surface area contributed by atoms with Crippen molar-refractivity contribution in [3.8, 4) is 0 Å². The first kappa shape index (κ1) is 12.5. The maximum atomic E-state index is 11.4. The highest BCUT2D eigenvalue weighted by Crippen LogP contribution is 2.14. The zero-order valence-corrected chi connectivity index (χ0v) is 10.7. The summed E-state index contributed by atoms with van der Waals surface area (Å²) in [6, 6.07) is 8.21. The Morgan fingerprint density at radius 3 is 2.89 bits per heavy atom. The highest BCUT2D eigenvalue weighted by atomic mass is 16.2. The summed E-state index contributed by atoms with van der Waals surface area (Å²) >= 11 is 0. The molecule has 0 spiro atoms. The Kier molecular flexibility index (Phi) is 3.89. The molecule has 0 saturated heterocycles. The standard InChI is InChI=1S/C14H17N3O/c1-17(2)14(18)10-16-8-11-3-4-13-9-15-6-5-12(13)7-11/h3-7,9,16H,8,10H2,1-2H3. The second-order valence-corrected chi connectivity index (χ2v) is 4.45. The van der Waals surface area contributed by atoms with E-state index in [0.29, 0.717) is 13.1 Å². The van der Waals surface area contributed by atoms with Crippen molar-refractivity contribution in [1.82, 2.24) is 15.2 Å². The molecule has 2 rings (SSSR count). The van der Waals surface area contributed by atoms with Gasteiger partial charge in [0.2, 0.25) is 5.91 Å². The number of hydrogen-bond acceptors (Lipinski definition) is 3. The molecule has 2 aromatic rings. The van der Waals surface area contributed by atoms with Gasteiger partial charge in [-0.2, -0.15) is 0 Å². The number of pyridine rings is 1. The predicted molar refractivity (Wildman–Crippen MR) is 72.1 cm³/mol. The third kappa shape index (κ3) is 3.05. The summed E-state index contributed by atoms with van der Waals surface area (Å²) < 4.78 is 0. The molecule has 0 unspecified atom stereocenters. The summed E-state index contributed by atoms with van der Waals surface area (Å²) in [5.74, 6) is 0.0833. The van der Waals surface area contributed by atoms with Crippen molar-refractivity contribution < 1.29 is 4.79 Å². The first-order valence-corrected chi connectivity index (χ1v) is 5.90. The minimum Gasteiger partial charge on any atom is -0.348 e. The third-order valence-electron chi connectivity index (χ3n) is 2.81. The number of nitrogens with one attached hydrogen (secondary N) is 1. The topological polar surface area (TPSA) is 45.2 Å². The van der Waals surface area contributed by atoms with E-state index in [4.69, 9.17) is 0 Å². The molecule has 0 radical (unpaired) electrons. The molecule has 0 aliphatic carbocycles. The van der Waals surface area contributed by atoms with Crippen LogP contribution in [0.15, 0.2) is 36.7 Å². The van der Waals surface area contributed by atoms with Gasteiger partial charge in [0.05, 0.1) is 6.54 Å². The van der Waals surface area contributed by atoms with Gasteiger partial charge in [-0.05, 0) is 23.1 Å². The molecule has 18 heavy (non-hydrogen) atoms. The molecule has 1 N–H and O–H groups in total. The number of likely N-dealkylation sites (N-methyl/N-ethyl adjacent to an activating group) is 1. The van der Waals surface area contributed by atoms with E-state index in [1.165, 1.54) is 10.9 Å². The molecule has 0 aliphatic rings. The van der Waals surface area contributed by atoms with E-state index >= 15 is 0 Å². The monoisotopic (exact) mass is 243 g/mol. The molecular formula is C14H17N3O. The van der Waals surface area contributed by atoms with Gasteiger partial charge in [0.25, 0.3) is 0 Å². The van der Waals surface area contributed by atoms with Crippen LogP contribution in [-0.4, -0.2) is 36.4 Å². The number of hydrogen-bond donors (Lipinski definition) is 1. The van der Waals surface area contributed by atoms with Crippen LogP contribution < -0.4 is 5.32 Å². The van der Waals surface area contributed by atoms with Crippen LogP contribution in [-0.2, 0) is 11.3 Å². The molecule has 1 aromatic heterocycles. The summed E-state index contributed by atoms with van der Waals surface area (Å²) in [5.41, 5.74) is 1.17. The Hall–Kier alpha value is -1.94. The zero-order valence-electron chi connectivity index (χ0n) is 10.7. The Labute approximate surface area is 107 Å². The second-order valence-electron chi connectivity index (χ2n) is 4.45. The van der Waals surface area contributed by atoms with Crippen LogP contribution in [0.25, 0.3) is 10.8 Å². The van der Waals surface area contributed by atoms with Gasteiger partial charge in [-0.3, -0.25) is 9.78 Å². The molecule has 4 nitrogen and oxygen atoms in total. The van der Waals surface area contributed by atoms with E-state index in [1.807, 2.05) is 18.3 Å². The lowest BCUT2D eigenvalue weighted by Crippen LogP contribution is -2.32. The van der Waals surface area contributed by atoms with Crippen molar-refractivity contribution in [2.45, 2.75) is 6.54 Å². The molecule has 0 aliphatic heterocycles. The number of benzene rings is 1. The molecule has 0 bridgehead atoms.